The Morgan fingerprint density at radius 1 is 1.35 bits per heavy atom. The molecule has 0 amide bonds. The lowest BCUT2D eigenvalue weighted by Crippen LogP contribution is -2.37. The summed E-state index contributed by atoms with van der Waals surface area (Å²) in [5, 5.41) is 6.77. The largest absolute Gasteiger partial charge is 0.378 e. The lowest BCUT2D eigenvalue weighted by atomic mass is 10.2. The van der Waals surface area contributed by atoms with E-state index in [2.05, 4.69) is 25.5 Å². The normalized spacial score (nSPS) is 21.3. The molecule has 23 heavy (non-hydrogen) atoms. The van der Waals surface area contributed by atoms with Crippen LogP contribution in [0.4, 0.5) is 11.8 Å². The quantitative estimate of drug-likeness (QED) is 0.791. The van der Waals surface area contributed by atoms with E-state index in [-0.39, 0.29) is 6.10 Å². The average Bonchev–Trinajstić information content (AvgIpc) is 3.07. The number of ether oxygens (including phenoxy) is 2. The van der Waals surface area contributed by atoms with Gasteiger partial charge in [0, 0.05) is 38.0 Å². The molecule has 0 radical (unpaired) electrons. The molecular formula is C15H23N5O2S. The topological polar surface area (TPSA) is 71.5 Å². The third-order valence-corrected chi connectivity index (χ3v) is 4.16. The highest BCUT2D eigenvalue weighted by Gasteiger charge is 2.16. The summed E-state index contributed by atoms with van der Waals surface area (Å²) in [5.41, 5.74) is 0.908. The van der Waals surface area contributed by atoms with E-state index in [1.165, 1.54) is 0 Å². The first-order valence-corrected chi connectivity index (χ1v) is 8.46. The molecule has 1 aromatic rings. The summed E-state index contributed by atoms with van der Waals surface area (Å²) in [4.78, 5) is 11.2. The number of aryl methyl sites for hydroxylation is 1. The highest BCUT2D eigenvalue weighted by atomic mass is 32.1. The monoisotopic (exact) mass is 337 g/mol. The maximum absolute atomic E-state index is 5.57. The van der Waals surface area contributed by atoms with E-state index in [9.17, 15) is 0 Å². The van der Waals surface area contributed by atoms with Gasteiger partial charge >= 0.3 is 0 Å². The molecular weight excluding hydrogens is 314 g/mol. The minimum absolute atomic E-state index is 0.247. The summed E-state index contributed by atoms with van der Waals surface area (Å²) >= 11 is 5.32. The highest BCUT2D eigenvalue weighted by molar-refractivity contribution is 7.80. The van der Waals surface area contributed by atoms with Gasteiger partial charge in [-0.2, -0.15) is 4.98 Å². The molecule has 2 N–H and O–H groups in total. The summed E-state index contributed by atoms with van der Waals surface area (Å²) in [5.74, 6) is 1.43. The van der Waals surface area contributed by atoms with Gasteiger partial charge in [0.1, 0.15) is 5.82 Å². The van der Waals surface area contributed by atoms with Crippen molar-refractivity contribution >= 4 is 29.1 Å². The zero-order valence-corrected chi connectivity index (χ0v) is 14.2. The molecule has 2 aliphatic rings. The first-order chi connectivity index (χ1) is 11.2. The first-order valence-electron chi connectivity index (χ1n) is 8.05. The molecule has 0 bridgehead atoms. The van der Waals surface area contributed by atoms with Gasteiger partial charge < -0.3 is 25.0 Å². The number of hydrogen-bond acceptors (Lipinski definition) is 6. The molecule has 0 saturated carbocycles. The summed E-state index contributed by atoms with van der Waals surface area (Å²) < 4.78 is 11.0. The Bertz CT molecular complexity index is 545. The van der Waals surface area contributed by atoms with Crippen LogP contribution in [0.5, 0.6) is 0 Å². The molecule has 7 nitrogen and oxygen atoms in total. The van der Waals surface area contributed by atoms with Crippen molar-refractivity contribution in [1.29, 1.82) is 0 Å². The minimum atomic E-state index is 0.247. The number of morpholine rings is 1. The standard InChI is InChI=1S/C15H23N5O2S/c1-11-9-13(20-4-7-21-8-5-20)18-14(17-11)19-15(23)16-10-12-3-2-6-22-12/h9,12H,2-8,10H2,1H3,(H2,16,17,18,19,23). The third kappa shape index (κ3) is 4.73. The van der Waals surface area contributed by atoms with Crippen LogP contribution in [-0.2, 0) is 9.47 Å². The van der Waals surface area contributed by atoms with Crippen molar-refractivity contribution in [3.63, 3.8) is 0 Å². The van der Waals surface area contributed by atoms with E-state index in [1.807, 2.05) is 13.0 Å². The Labute approximate surface area is 141 Å². The van der Waals surface area contributed by atoms with Gasteiger partial charge in [0.25, 0.3) is 0 Å². The van der Waals surface area contributed by atoms with Crippen molar-refractivity contribution in [2.45, 2.75) is 25.9 Å². The average molecular weight is 337 g/mol. The van der Waals surface area contributed by atoms with Crippen molar-refractivity contribution in [2.24, 2.45) is 0 Å². The van der Waals surface area contributed by atoms with Crippen LogP contribution in [0.1, 0.15) is 18.5 Å². The maximum atomic E-state index is 5.57. The van der Waals surface area contributed by atoms with Crippen LogP contribution in [0.2, 0.25) is 0 Å². The zero-order chi connectivity index (χ0) is 16.1. The third-order valence-electron chi connectivity index (χ3n) is 3.92. The van der Waals surface area contributed by atoms with Gasteiger partial charge in [-0.3, -0.25) is 0 Å². The van der Waals surface area contributed by atoms with E-state index >= 15 is 0 Å². The molecule has 2 aliphatic heterocycles. The van der Waals surface area contributed by atoms with Crippen LogP contribution in [-0.4, -0.2) is 60.6 Å². The number of anilines is 2. The van der Waals surface area contributed by atoms with Gasteiger partial charge in [0.15, 0.2) is 5.11 Å². The van der Waals surface area contributed by atoms with Crippen LogP contribution < -0.4 is 15.5 Å². The molecule has 0 spiro atoms. The summed E-state index contributed by atoms with van der Waals surface area (Å²) in [6, 6.07) is 1.99. The molecule has 3 heterocycles. The van der Waals surface area contributed by atoms with E-state index < -0.39 is 0 Å². The molecule has 0 aromatic carbocycles. The number of hydrogen-bond donors (Lipinski definition) is 2. The molecule has 1 unspecified atom stereocenters. The summed E-state index contributed by atoms with van der Waals surface area (Å²) in [6.45, 7) is 6.67. The number of rotatable bonds is 4. The number of aromatic nitrogens is 2. The van der Waals surface area contributed by atoms with E-state index in [4.69, 9.17) is 21.7 Å². The predicted octanol–water partition coefficient (Wildman–Crippen LogP) is 1.09. The maximum Gasteiger partial charge on any atom is 0.231 e. The smallest absolute Gasteiger partial charge is 0.231 e. The van der Waals surface area contributed by atoms with Gasteiger partial charge in [-0.25, -0.2) is 4.98 Å². The fourth-order valence-corrected chi connectivity index (χ4v) is 2.89. The van der Waals surface area contributed by atoms with Gasteiger partial charge in [-0.1, -0.05) is 0 Å². The molecule has 8 heteroatoms. The molecule has 3 rings (SSSR count). The van der Waals surface area contributed by atoms with Crippen LogP contribution in [0, 0.1) is 6.92 Å². The fraction of sp³-hybridized carbons (Fsp3) is 0.667. The van der Waals surface area contributed by atoms with E-state index in [0.717, 1.165) is 57.3 Å². The molecule has 2 fully saturated rings. The fourth-order valence-electron chi connectivity index (χ4n) is 2.72. The molecule has 1 atom stereocenters. The first kappa shape index (κ1) is 16.4. The van der Waals surface area contributed by atoms with Gasteiger partial charge in [-0.05, 0) is 32.0 Å². The molecule has 0 aliphatic carbocycles. The Kier molecular flexibility index (Phi) is 5.58. The molecule has 1 aromatic heterocycles. The number of nitrogens with one attached hydrogen (secondary N) is 2. The van der Waals surface area contributed by atoms with Crippen molar-refractivity contribution in [1.82, 2.24) is 15.3 Å². The van der Waals surface area contributed by atoms with Crippen molar-refractivity contribution in [3.05, 3.63) is 11.8 Å². The van der Waals surface area contributed by atoms with Crippen molar-refractivity contribution in [3.8, 4) is 0 Å². The van der Waals surface area contributed by atoms with E-state index in [0.29, 0.717) is 17.6 Å². The lowest BCUT2D eigenvalue weighted by Gasteiger charge is -2.28. The van der Waals surface area contributed by atoms with Gasteiger partial charge in [-0.15, -0.1) is 0 Å². The lowest BCUT2D eigenvalue weighted by molar-refractivity contribution is 0.114. The van der Waals surface area contributed by atoms with Gasteiger partial charge in [0.05, 0.1) is 19.3 Å². The highest BCUT2D eigenvalue weighted by Crippen LogP contribution is 2.16. The Hall–Kier alpha value is -1.51. The Morgan fingerprint density at radius 3 is 2.91 bits per heavy atom. The number of nitrogens with zero attached hydrogens (tertiary/aromatic N) is 3. The van der Waals surface area contributed by atoms with Crippen molar-refractivity contribution in [2.75, 3.05) is 49.7 Å². The SMILES string of the molecule is Cc1cc(N2CCOCC2)nc(NC(=S)NCC2CCCO2)n1. The molecule has 2 saturated heterocycles. The van der Waals surface area contributed by atoms with Crippen LogP contribution >= 0.6 is 12.2 Å². The second kappa shape index (κ2) is 7.85. The Balaban J connectivity index is 1.57. The van der Waals surface area contributed by atoms with E-state index in [1.54, 1.807) is 0 Å². The zero-order valence-electron chi connectivity index (χ0n) is 13.4. The minimum Gasteiger partial charge on any atom is -0.378 e. The van der Waals surface area contributed by atoms with Crippen LogP contribution in [0.3, 0.4) is 0 Å². The second-order valence-electron chi connectivity index (χ2n) is 5.76. The number of thiocarbonyl (C=S) groups is 1. The summed E-state index contributed by atoms with van der Waals surface area (Å²) in [7, 11) is 0. The van der Waals surface area contributed by atoms with Crippen LogP contribution in [0.25, 0.3) is 0 Å². The second-order valence-corrected chi connectivity index (χ2v) is 6.17. The van der Waals surface area contributed by atoms with Crippen LogP contribution in [0.15, 0.2) is 6.07 Å². The molecule has 126 valence electrons. The van der Waals surface area contributed by atoms with Gasteiger partial charge in [0.2, 0.25) is 5.95 Å². The summed E-state index contributed by atoms with van der Waals surface area (Å²) in [6.07, 6.45) is 2.45. The van der Waals surface area contributed by atoms with Crippen molar-refractivity contribution < 1.29 is 9.47 Å². The Morgan fingerprint density at radius 2 is 2.17 bits per heavy atom. The predicted molar refractivity (Wildman–Crippen MR) is 93.0 cm³/mol.